The summed E-state index contributed by atoms with van der Waals surface area (Å²) in [7, 11) is 0. The lowest BCUT2D eigenvalue weighted by Crippen LogP contribution is -2.45. The topological polar surface area (TPSA) is 49.4 Å². The molecule has 1 atom stereocenters. The van der Waals surface area contributed by atoms with Gasteiger partial charge in [-0.2, -0.15) is 0 Å². The summed E-state index contributed by atoms with van der Waals surface area (Å²) < 4.78 is 0. The molecule has 2 aliphatic rings. The molecular weight excluding hydrogens is 348 g/mol. The molecule has 4 heteroatoms. The van der Waals surface area contributed by atoms with Gasteiger partial charge in [-0.25, -0.2) is 0 Å². The van der Waals surface area contributed by atoms with Crippen molar-refractivity contribution in [1.82, 2.24) is 10.2 Å². The maximum absolute atomic E-state index is 12.7. The van der Waals surface area contributed by atoms with E-state index in [0.29, 0.717) is 12.8 Å². The maximum Gasteiger partial charge on any atom is 0.222 e. The fourth-order valence-electron chi connectivity index (χ4n) is 4.68. The summed E-state index contributed by atoms with van der Waals surface area (Å²) in [5, 5.41) is 5.67. The molecule has 2 amide bonds. The number of benzene rings is 2. The summed E-state index contributed by atoms with van der Waals surface area (Å²) in [5.74, 6) is 1.07. The third-order valence-electron chi connectivity index (χ3n) is 6.55. The van der Waals surface area contributed by atoms with E-state index in [0.717, 1.165) is 51.1 Å². The number of amides is 2. The van der Waals surface area contributed by atoms with Gasteiger partial charge in [-0.05, 0) is 54.4 Å². The van der Waals surface area contributed by atoms with E-state index >= 15 is 0 Å². The minimum atomic E-state index is -0.293. The minimum Gasteiger partial charge on any atom is -0.350 e. The van der Waals surface area contributed by atoms with Crippen LogP contribution in [0.5, 0.6) is 0 Å². The van der Waals surface area contributed by atoms with Crippen LogP contribution < -0.4 is 5.32 Å². The van der Waals surface area contributed by atoms with Crippen molar-refractivity contribution in [3.63, 3.8) is 0 Å². The Morgan fingerprint density at radius 3 is 2.61 bits per heavy atom. The number of fused-ring (bicyclic) bond motifs is 1. The van der Waals surface area contributed by atoms with Gasteiger partial charge in [-0.3, -0.25) is 9.59 Å². The van der Waals surface area contributed by atoms with E-state index < -0.39 is 0 Å². The van der Waals surface area contributed by atoms with Crippen LogP contribution in [0, 0.1) is 5.92 Å². The third kappa shape index (κ3) is 4.21. The van der Waals surface area contributed by atoms with E-state index in [2.05, 4.69) is 48.6 Å². The molecule has 148 valence electrons. The van der Waals surface area contributed by atoms with Crippen LogP contribution in [-0.4, -0.2) is 35.3 Å². The number of nitrogens with one attached hydrogen (secondary N) is 1. The van der Waals surface area contributed by atoms with Crippen LogP contribution >= 0.6 is 0 Å². The normalized spacial score (nSPS) is 23.2. The van der Waals surface area contributed by atoms with Gasteiger partial charge in [0.2, 0.25) is 11.8 Å². The average Bonchev–Trinajstić information content (AvgIpc) is 3.07. The highest BCUT2D eigenvalue weighted by atomic mass is 16.2. The Bertz CT molecular complexity index is 870. The zero-order chi connectivity index (χ0) is 19.6. The van der Waals surface area contributed by atoms with Crippen LogP contribution in [0.25, 0.3) is 10.8 Å². The van der Waals surface area contributed by atoms with Gasteiger partial charge in [0.25, 0.3) is 0 Å². The van der Waals surface area contributed by atoms with E-state index in [4.69, 9.17) is 0 Å². The first kappa shape index (κ1) is 19.0. The predicted octanol–water partition coefficient (Wildman–Crippen LogP) is 4.07. The molecule has 2 aliphatic heterocycles. The van der Waals surface area contributed by atoms with E-state index in [1.54, 1.807) is 0 Å². The minimum absolute atomic E-state index is 0.111. The first-order chi connectivity index (χ1) is 13.5. The zero-order valence-corrected chi connectivity index (χ0v) is 16.7. The second kappa shape index (κ2) is 7.94. The van der Waals surface area contributed by atoms with Crippen molar-refractivity contribution in [2.75, 3.05) is 13.1 Å². The molecule has 4 rings (SSSR count). The van der Waals surface area contributed by atoms with Crippen molar-refractivity contribution >= 4 is 22.6 Å². The molecule has 2 heterocycles. The standard InChI is InChI=1S/C24H30N2O2/c1-18-10-14-26(15-11-18)23(28)9-13-24(12-8-22(27)25-24)17-19-6-7-20-4-2-3-5-21(20)16-19/h2-7,16,18H,8-15,17H2,1H3,(H,25,27)/t24-/m0/s1. The smallest absolute Gasteiger partial charge is 0.222 e. The molecule has 2 saturated heterocycles. The number of carbonyl (C=O) groups excluding carboxylic acids is 2. The Balaban J connectivity index is 1.45. The van der Waals surface area contributed by atoms with Crippen LogP contribution in [0.2, 0.25) is 0 Å². The van der Waals surface area contributed by atoms with Gasteiger partial charge in [-0.15, -0.1) is 0 Å². The number of likely N-dealkylation sites (tertiary alicyclic amines) is 1. The largest absolute Gasteiger partial charge is 0.350 e. The summed E-state index contributed by atoms with van der Waals surface area (Å²) in [4.78, 5) is 26.8. The SMILES string of the molecule is CC1CCN(C(=O)CC[C@]2(Cc3ccc4ccccc4c3)CCC(=O)N2)CC1. The molecule has 1 N–H and O–H groups in total. The fourth-order valence-corrected chi connectivity index (χ4v) is 4.68. The van der Waals surface area contributed by atoms with Crippen LogP contribution in [0.15, 0.2) is 42.5 Å². The van der Waals surface area contributed by atoms with Gasteiger partial charge in [0.05, 0.1) is 0 Å². The lowest BCUT2D eigenvalue weighted by molar-refractivity contribution is -0.133. The number of hydrogen-bond acceptors (Lipinski definition) is 2. The fraction of sp³-hybridized carbons (Fsp3) is 0.500. The lowest BCUT2D eigenvalue weighted by Gasteiger charge is -2.33. The summed E-state index contributed by atoms with van der Waals surface area (Å²) >= 11 is 0. The molecule has 0 spiro atoms. The van der Waals surface area contributed by atoms with Gasteiger partial charge < -0.3 is 10.2 Å². The van der Waals surface area contributed by atoms with E-state index in [1.807, 2.05) is 11.0 Å². The Hall–Kier alpha value is -2.36. The van der Waals surface area contributed by atoms with Crippen molar-refractivity contribution in [2.45, 2.75) is 57.4 Å². The number of rotatable bonds is 5. The molecule has 0 aromatic heterocycles. The Morgan fingerprint density at radius 1 is 1.14 bits per heavy atom. The first-order valence-electron chi connectivity index (χ1n) is 10.6. The highest BCUT2D eigenvalue weighted by Crippen LogP contribution is 2.31. The predicted molar refractivity (Wildman–Crippen MR) is 112 cm³/mol. The third-order valence-corrected chi connectivity index (χ3v) is 6.55. The monoisotopic (exact) mass is 378 g/mol. The molecule has 28 heavy (non-hydrogen) atoms. The highest BCUT2D eigenvalue weighted by Gasteiger charge is 2.38. The molecule has 0 radical (unpaired) electrons. The summed E-state index contributed by atoms with van der Waals surface area (Å²) in [5.41, 5.74) is 0.929. The Morgan fingerprint density at radius 2 is 1.89 bits per heavy atom. The van der Waals surface area contributed by atoms with E-state index in [-0.39, 0.29) is 17.4 Å². The van der Waals surface area contributed by atoms with Gasteiger partial charge in [-0.1, -0.05) is 49.4 Å². The average molecular weight is 379 g/mol. The highest BCUT2D eigenvalue weighted by molar-refractivity contribution is 5.83. The quantitative estimate of drug-likeness (QED) is 0.853. The summed E-state index contributed by atoms with van der Waals surface area (Å²) in [6.07, 6.45) is 5.59. The van der Waals surface area contributed by atoms with Gasteiger partial charge in [0.15, 0.2) is 0 Å². The molecule has 4 nitrogen and oxygen atoms in total. The number of carbonyl (C=O) groups is 2. The number of nitrogens with zero attached hydrogens (tertiary/aromatic N) is 1. The van der Waals surface area contributed by atoms with Crippen LogP contribution in [-0.2, 0) is 16.0 Å². The molecule has 0 aliphatic carbocycles. The second-order valence-electron chi connectivity index (χ2n) is 8.75. The summed E-state index contributed by atoms with van der Waals surface area (Å²) in [6, 6.07) is 14.9. The van der Waals surface area contributed by atoms with Crippen molar-refractivity contribution in [3.05, 3.63) is 48.0 Å². The molecule has 2 fully saturated rings. The van der Waals surface area contributed by atoms with Gasteiger partial charge in [0, 0.05) is 31.5 Å². The van der Waals surface area contributed by atoms with Gasteiger partial charge >= 0.3 is 0 Å². The molecule has 2 aromatic rings. The molecule has 2 aromatic carbocycles. The zero-order valence-electron chi connectivity index (χ0n) is 16.7. The van der Waals surface area contributed by atoms with E-state index in [1.165, 1.54) is 16.3 Å². The van der Waals surface area contributed by atoms with E-state index in [9.17, 15) is 9.59 Å². The van der Waals surface area contributed by atoms with Crippen LogP contribution in [0.4, 0.5) is 0 Å². The lowest BCUT2D eigenvalue weighted by atomic mass is 9.84. The van der Waals surface area contributed by atoms with Crippen LogP contribution in [0.3, 0.4) is 0 Å². The van der Waals surface area contributed by atoms with Crippen molar-refractivity contribution in [1.29, 1.82) is 0 Å². The maximum atomic E-state index is 12.7. The van der Waals surface area contributed by atoms with Crippen molar-refractivity contribution in [2.24, 2.45) is 5.92 Å². The van der Waals surface area contributed by atoms with Crippen LogP contribution in [0.1, 0.15) is 51.0 Å². The molecule has 0 bridgehead atoms. The molecule has 0 unspecified atom stereocenters. The van der Waals surface area contributed by atoms with Crippen molar-refractivity contribution < 1.29 is 9.59 Å². The second-order valence-corrected chi connectivity index (χ2v) is 8.75. The van der Waals surface area contributed by atoms with Crippen molar-refractivity contribution in [3.8, 4) is 0 Å². The Labute approximate surface area is 167 Å². The van der Waals surface area contributed by atoms with Gasteiger partial charge in [0.1, 0.15) is 0 Å². The number of piperidine rings is 1. The molecular formula is C24H30N2O2. The summed E-state index contributed by atoms with van der Waals surface area (Å²) in [6.45, 7) is 4.02. The molecule has 0 saturated carbocycles. The Kier molecular flexibility index (Phi) is 5.38. The first-order valence-corrected chi connectivity index (χ1v) is 10.6. The number of hydrogen-bond donors (Lipinski definition) is 1.